The molecule has 1 aromatic carbocycles. The third-order valence-corrected chi connectivity index (χ3v) is 4.14. The van der Waals surface area contributed by atoms with Crippen LogP contribution in [0.15, 0.2) is 30.3 Å². The average molecular weight is 377 g/mol. The monoisotopic (exact) mass is 377 g/mol. The van der Waals surface area contributed by atoms with E-state index in [-0.39, 0.29) is 24.2 Å². The summed E-state index contributed by atoms with van der Waals surface area (Å²) < 4.78 is 0. The second-order valence-electron chi connectivity index (χ2n) is 8.23. The third-order valence-electron chi connectivity index (χ3n) is 4.14. The van der Waals surface area contributed by atoms with Gasteiger partial charge in [-0.15, -0.1) is 0 Å². The number of hydrogen-bond acceptors (Lipinski definition) is 4. The fourth-order valence-electron chi connectivity index (χ4n) is 2.79. The van der Waals surface area contributed by atoms with Gasteiger partial charge in [0.05, 0.1) is 0 Å². The number of nitrogens with one attached hydrogen (secondary N) is 3. The lowest BCUT2D eigenvalue weighted by molar-refractivity contribution is -0.136. The van der Waals surface area contributed by atoms with Gasteiger partial charge in [0, 0.05) is 18.0 Å². The zero-order valence-corrected chi connectivity index (χ0v) is 16.7. The number of benzene rings is 1. The Morgan fingerprint density at radius 1 is 1.04 bits per heavy atom. The summed E-state index contributed by atoms with van der Waals surface area (Å²) in [4.78, 5) is 37.1. The van der Waals surface area contributed by atoms with E-state index in [2.05, 4.69) is 10.6 Å². The summed E-state index contributed by atoms with van der Waals surface area (Å²) in [5.41, 5.74) is 1.68. The highest BCUT2D eigenvalue weighted by Crippen LogP contribution is 2.23. The van der Waals surface area contributed by atoms with E-state index in [1.807, 2.05) is 52.8 Å². The molecule has 7 heteroatoms. The van der Waals surface area contributed by atoms with Gasteiger partial charge >= 0.3 is 0 Å². The number of anilines is 1. The van der Waals surface area contributed by atoms with Crippen molar-refractivity contribution in [1.82, 2.24) is 10.8 Å². The van der Waals surface area contributed by atoms with Gasteiger partial charge in [-0.25, -0.2) is 5.48 Å². The average Bonchev–Trinajstić information content (AvgIpc) is 2.58. The van der Waals surface area contributed by atoms with Crippen molar-refractivity contribution in [1.29, 1.82) is 0 Å². The van der Waals surface area contributed by atoms with Crippen LogP contribution in [-0.2, 0) is 14.4 Å². The molecule has 0 aliphatic carbocycles. The highest BCUT2D eigenvalue weighted by Gasteiger charge is 2.35. The molecule has 0 fully saturated rings. The number of hydroxylamine groups is 1. The van der Waals surface area contributed by atoms with Crippen molar-refractivity contribution >= 4 is 23.4 Å². The molecule has 0 spiro atoms. The highest BCUT2D eigenvalue weighted by molar-refractivity contribution is 5.98. The Hall–Kier alpha value is -2.41. The lowest BCUT2D eigenvalue weighted by atomic mass is 9.85. The van der Waals surface area contributed by atoms with Crippen LogP contribution in [0.5, 0.6) is 0 Å². The van der Waals surface area contributed by atoms with E-state index in [4.69, 9.17) is 5.21 Å². The number of carbonyl (C=O) groups is 3. The van der Waals surface area contributed by atoms with Crippen LogP contribution in [0.25, 0.3) is 0 Å². The normalized spacial score (nSPS) is 13.6. The van der Waals surface area contributed by atoms with Crippen LogP contribution in [-0.4, -0.2) is 29.0 Å². The van der Waals surface area contributed by atoms with Crippen molar-refractivity contribution in [3.8, 4) is 0 Å². The van der Waals surface area contributed by atoms with Crippen LogP contribution < -0.4 is 16.1 Å². The molecule has 0 heterocycles. The summed E-state index contributed by atoms with van der Waals surface area (Å²) in [5, 5.41) is 14.4. The van der Waals surface area contributed by atoms with Crippen molar-refractivity contribution in [3.05, 3.63) is 30.3 Å². The van der Waals surface area contributed by atoms with Crippen molar-refractivity contribution in [2.24, 2.45) is 17.3 Å². The maximum Gasteiger partial charge on any atom is 0.247 e. The molecule has 1 aromatic rings. The first-order valence-electron chi connectivity index (χ1n) is 9.13. The van der Waals surface area contributed by atoms with Gasteiger partial charge in [0.25, 0.3) is 0 Å². The molecule has 150 valence electrons. The van der Waals surface area contributed by atoms with E-state index in [1.165, 1.54) is 0 Å². The largest absolute Gasteiger partial charge is 0.344 e. The van der Waals surface area contributed by atoms with Crippen LogP contribution in [0.2, 0.25) is 0 Å². The van der Waals surface area contributed by atoms with E-state index in [0.29, 0.717) is 12.1 Å². The highest BCUT2D eigenvalue weighted by atomic mass is 16.5. The second kappa shape index (κ2) is 10.1. The Balaban J connectivity index is 2.94. The maximum atomic E-state index is 12.8. The molecule has 1 rings (SSSR count). The fraction of sp³-hybridized carbons (Fsp3) is 0.550. The van der Waals surface area contributed by atoms with Gasteiger partial charge in [-0.3, -0.25) is 19.6 Å². The predicted molar refractivity (Wildman–Crippen MR) is 104 cm³/mol. The van der Waals surface area contributed by atoms with Gasteiger partial charge in [-0.1, -0.05) is 52.8 Å². The van der Waals surface area contributed by atoms with E-state index in [9.17, 15) is 14.4 Å². The molecule has 1 unspecified atom stereocenters. The van der Waals surface area contributed by atoms with Gasteiger partial charge < -0.3 is 10.6 Å². The summed E-state index contributed by atoms with van der Waals surface area (Å²) >= 11 is 0. The molecule has 27 heavy (non-hydrogen) atoms. The number of amides is 3. The smallest absolute Gasteiger partial charge is 0.247 e. The number of para-hydroxylation sites is 1. The van der Waals surface area contributed by atoms with E-state index in [0.717, 1.165) is 0 Å². The molecule has 0 aliphatic heterocycles. The van der Waals surface area contributed by atoms with Crippen LogP contribution >= 0.6 is 0 Å². The predicted octanol–water partition coefficient (Wildman–Crippen LogP) is 2.71. The van der Waals surface area contributed by atoms with E-state index in [1.54, 1.807) is 17.6 Å². The van der Waals surface area contributed by atoms with Crippen LogP contribution in [0, 0.1) is 17.3 Å². The maximum absolute atomic E-state index is 12.8. The lowest BCUT2D eigenvalue weighted by Gasteiger charge is -2.32. The first-order valence-corrected chi connectivity index (χ1v) is 9.13. The molecule has 0 aromatic heterocycles. The Bertz CT molecular complexity index is 638. The molecule has 4 N–H and O–H groups in total. The molecule has 0 bridgehead atoms. The van der Waals surface area contributed by atoms with E-state index < -0.39 is 23.3 Å². The standard InChI is InChI=1S/C20H31N3O4/c1-13(2)11-14(12-16(24)23-27)18(25)22-17(20(3,4)5)19(26)21-15-9-7-6-8-10-15/h6-10,13-14,17,27H,11-12H2,1-5H3,(H,21,26)(H,22,25)(H,23,24)/t14?,17-/m1/s1. The molecular weight excluding hydrogens is 346 g/mol. The molecule has 0 saturated heterocycles. The summed E-state index contributed by atoms with van der Waals surface area (Å²) in [6.07, 6.45) is 0.327. The zero-order valence-electron chi connectivity index (χ0n) is 16.7. The minimum atomic E-state index is -0.781. The molecular formula is C20H31N3O4. The second-order valence-corrected chi connectivity index (χ2v) is 8.23. The van der Waals surface area contributed by atoms with Crippen LogP contribution in [0.3, 0.4) is 0 Å². The molecule has 0 radical (unpaired) electrons. The first-order chi connectivity index (χ1) is 12.5. The van der Waals surface area contributed by atoms with Crippen molar-refractivity contribution in [2.75, 3.05) is 5.32 Å². The van der Waals surface area contributed by atoms with Crippen molar-refractivity contribution in [2.45, 2.75) is 53.5 Å². The minimum absolute atomic E-state index is 0.141. The molecule has 0 aliphatic rings. The molecule has 2 atom stereocenters. The molecule has 0 saturated carbocycles. The Morgan fingerprint density at radius 2 is 1.63 bits per heavy atom. The van der Waals surface area contributed by atoms with Crippen LogP contribution in [0.4, 0.5) is 5.69 Å². The molecule has 7 nitrogen and oxygen atoms in total. The summed E-state index contributed by atoms with van der Waals surface area (Å²) in [7, 11) is 0. The third kappa shape index (κ3) is 7.78. The molecule has 3 amide bonds. The summed E-state index contributed by atoms with van der Waals surface area (Å²) in [6.45, 7) is 9.47. The first kappa shape index (κ1) is 22.6. The minimum Gasteiger partial charge on any atom is -0.344 e. The summed E-state index contributed by atoms with van der Waals surface area (Å²) in [5.74, 6) is -1.78. The van der Waals surface area contributed by atoms with Gasteiger partial charge in [0.1, 0.15) is 6.04 Å². The van der Waals surface area contributed by atoms with Gasteiger partial charge in [0.2, 0.25) is 17.7 Å². The lowest BCUT2D eigenvalue weighted by Crippen LogP contribution is -2.53. The van der Waals surface area contributed by atoms with Gasteiger partial charge in [-0.05, 0) is 29.9 Å². The topological polar surface area (TPSA) is 108 Å². The Morgan fingerprint density at radius 3 is 2.11 bits per heavy atom. The Kier molecular flexibility index (Phi) is 8.43. The number of rotatable bonds is 8. The Labute approximate surface area is 160 Å². The van der Waals surface area contributed by atoms with Crippen molar-refractivity contribution in [3.63, 3.8) is 0 Å². The zero-order chi connectivity index (χ0) is 20.6. The quantitative estimate of drug-likeness (QED) is 0.413. The number of carbonyl (C=O) groups excluding carboxylic acids is 3. The number of hydrogen-bond donors (Lipinski definition) is 4. The SMILES string of the molecule is CC(C)CC(CC(=O)NO)C(=O)N[C@H](C(=O)Nc1ccccc1)C(C)(C)C. The van der Waals surface area contributed by atoms with Gasteiger partial charge in [0.15, 0.2) is 0 Å². The van der Waals surface area contributed by atoms with E-state index >= 15 is 0 Å². The van der Waals surface area contributed by atoms with Gasteiger partial charge in [-0.2, -0.15) is 0 Å². The fourth-order valence-corrected chi connectivity index (χ4v) is 2.79. The van der Waals surface area contributed by atoms with Crippen molar-refractivity contribution < 1.29 is 19.6 Å². The van der Waals surface area contributed by atoms with Crippen LogP contribution in [0.1, 0.15) is 47.5 Å². The summed E-state index contributed by atoms with van der Waals surface area (Å²) in [6, 6.07) is 8.23.